The monoisotopic (exact) mass is 369 g/mol. The van der Waals surface area contributed by atoms with Crippen molar-refractivity contribution < 1.29 is 9.59 Å². The normalized spacial score (nSPS) is 21.0. The van der Waals surface area contributed by atoms with Crippen molar-refractivity contribution >= 4 is 41.7 Å². The van der Waals surface area contributed by atoms with E-state index < -0.39 is 0 Å². The molecule has 1 aromatic carbocycles. The molecule has 0 aromatic heterocycles. The summed E-state index contributed by atoms with van der Waals surface area (Å²) in [7, 11) is 0. The lowest BCUT2D eigenvalue weighted by atomic mass is 9.97. The van der Waals surface area contributed by atoms with E-state index in [-0.39, 0.29) is 36.3 Å². The second kappa shape index (κ2) is 8.74. The number of fused-ring (bicyclic) bond motifs is 1. The minimum Gasteiger partial charge on any atom is -0.350 e. The van der Waals surface area contributed by atoms with Crippen LogP contribution in [-0.4, -0.2) is 35.9 Å². The fourth-order valence-corrected chi connectivity index (χ4v) is 3.98. The quantitative estimate of drug-likeness (QED) is 0.761. The first-order valence-corrected chi connectivity index (χ1v) is 9.30. The van der Waals surface area contributed by atoms with Crippen LogP contribution >= 0.6 is 24.2 Å². The van der Waals surface area contributed by atoms with Crippen molar-refractivity contribution in [2.45, 2.75) is 38.3 Å². The van der Waals surface area contributed by atoms with E-state index in [1.165, 1.54) is 0 Å². The van der Waals surface area contributed by atoms with Gasteiger partial charge in [0.25, 0.3) is 0 Å². The van der Waals surface area contributed by atoms with Crippen LogP contribution < -0.4 is 16.0 Å². The van der Waals surface area contributed by atoms with E-state index in [0.29, 0.717) is 12.8 Å². The van der Waals surface area contributed by atoms with Crippen LogP contribution in [0.4, 0.5) is 5.69 Å². The van der Waals surface area contributed by atoms with E-state index in [9.17, 15) is 9.59 Å². The number of hydrogen-bond donors (Lipinski definition) is 3. The third-order valence-electron chi connectivity index (χ3n) is 4.33. The molecule has 132 valence electrons. The van der Waals surface area contributed by atoms with Crippen LogP contribution in [0.2, 0.25) is 0 Å². The molecule has 1 saturated heterocycles. The number of rotatable bonds is 4. The van der Waals surface area contributed by atoms with Gasteiger partial charge in [-0.25, -0.2) is 0 Å². The molecule has 1 fully saturated rings. The zero-order chi connectivity index (χ0) is 16.2. The maximum absolute atomic E-state index is 12.2. The van der Waals surface area contributed by atoms with E-state index in [1.54, 1.807) is 0 Å². The van der Waals surface area contributed by atoms with E-state index in [0.717, 1.165) is 41.3 Å². The molecule has 0 aliphatic carbocycles. The number of hydrogen-bond acceptors (Lipinski definition) is 4. The van der Waals surface area contributed by atoms with Gasteiger partial charge in [0.1, 0.15) is 0 Å². The Hall–Kier alpha value is -1.24. The standard InChI is InChI=1S/C17H23N3O2S.ClH/c1-11(19-17(22)9-14-10-23-7-6-18-14)12-2-4-15-13(8-12)3-5-16(21)20-15;/h2,4,8,11,14,18H,3,5-7,9-10H2,1H3,(H,19,22)(H,20,21);1H. The van der Waals surface area contributed by atoms with E-state index >= 15 is 0 Å². The smallest absolute Gasteiger partial charge is 0.224 e. The molecule has 2 aliphatic rings. The summed E-state index contributed by atoms with van der Waals surface area (Å²) in [5.41, 5.74) is 3.12. The van der Waals surface area contributed by atoms with Gasteiger partial charge in [-0.2, -0.15) is 11.8 Å². The van der Waals surface area contributed by atoms with Crippen LogP contribution in [0.25, 0.3) is 0 Å². The molecule has 0 saturated carbocycles. The molecule has 5 nitrogen and oxygen atoms in total. The molecule has 3 rings (SSSR count). The molecule has 2 heterocycles. The first kappa shape index (κ1) is 19.1. The van der Waals surface area contributed by atoms with Crippen LogP contribution in [0.5, 0.6) is 0 Å². The zero-order valence-electron chi connectivity index (χ0n) is 13.8. The molecule has 24 heavy (non-hydrogen) atoms. The summed E-state index contributed by atoms with van der Waals surface area (Å²) in [6.45, 7) is 2.98. The molecule has 2 aliphatic heterocycles. The molecule has 1 aromatic rings. The maximum Gasteiger partial charge on any atom is 0.224 e. The number of carbonyl (C=O) groups excluding carboxylic acids is 2. The van der Waals surface area contributed by atoms with Crippen molar-refractivity contribution in [2.75, 3.05) is 23.4 Å². The van der Waals surface area contributed by atoms with Crippen LogP contribution in [0.1, 0.15) is 36.9 Å². The van der Waals surface area contributed by atoms with Gasteiger partial charge >= 0.3 is 0 Å². The molecule has 2 atom stereocenters. The van der Waals surface area contributed by atoms with Gasteiger partial charge in [0.15, 0.2) is 0 Å². The Labute approximate surface area is 153 Å². The summed E-state index contributed by atoms with van der Waals surface area (Å²) in [4.78, 5) is 23.6. The zero-order valence-corrected chi connectivity index (χ0v) is 15.4. The van der Waals surface area contributed by atoms with Gasteiger partial charge in [0.05, 0.1) is 6.04 Å². The predicted octanol–water partition coefficient (Wildman–Crippen LogP) is 2.27. The summed E-state index contributed by atoms with van der Waals surface area (Å²) in [6.07, 6.45) is 1.82. The Morgan fingerprint density at radius 1 is 1.42 bits per heavy atom. The topological polar surface area (TPSA) is 70.2 Å². The molecule has 2 amide bonds. The lowest BCUT2D eigenvalue weighted by molar-refractivity contribution is -0.122. The van der Waals surface area contributed by atoms with Crippen LogP contribution in [0.3, 0.4) is 0 Å². The third kappa shape index (κ3) is 4.88. The lowest BCUT2D eigenvalue weighted by Crippen LogP contribution is -2.41. The molecule has 2 unspecified atom stereocenters. The SMILES string of the molecule is CC(NC(=O)CC1CSCCN1)c1ccc2c(c1)CCC(=O)N2.Cl. The average Bonchev–Trinajstić information content (AvgIpc) is 2.55. The molecule has 0 spiro atoms. The highest BCUT2D eigenvalue weighted by atomic mass is 35.5. The highest BCUT2D eigenvalue weighted by molar-refractivity contribution is 7.99. The summed E-state index contributed by atoms with van der Waals surface area (Å²) >= 11 is 1.90. The minimum atomic E-state index is -0.0262. The number of carbonyl (C=O) groups is 2. The summed E-state index contributed by atoms with van der Waals surface area (Å²) < 4.78 is 0. The number of aryl methyl sites for hydroxylation is 1. The largest absolute Gasteiger partial charge is 0.350 e. The molecule has 0 radical (unpaired) electrons. The summed E-state index contributed by atoms with van der Waals surface area (Å²) in [5.74, 6) is 2.29. The van der Waals surface area contributed by atoms with Gasteiger partial charge in [0.2, 0.25) is 11.8 Å². The molecular weight excluding hydrogens is 346 g/mol. The fraction of sp³-hybridized carbons (Fsp3) is 0.529. The Morgan fingerprint density at radius 3 is 3.00 bits per heavy atom. The van der Waals surface area contributed by atoms with Gasteiger partial charge in [-0.15, -0.1) is 12.4 Å². The second-order valence-electron chi connectivity index (χ2n) is 6.18. The molecular formula is C17H24ClN3O2S. The summed E-state index contributed by atoms with van der Waals surface area (Å²) in [5, 5.41) is 9.35. The van der Waals surface area contributed by atoms with E-state index in [4.69, 9.17) is 0 Å². The second-order valence-corrected chi connectivity index (χ2v) is 7.33. The highest BCUT2D eigenvalue weighted by Crippen LogP contribution is 2.26. The summed E-state index contributed by atoms with van der Waals surface area (Å²) in [6, 6.07) is 6.25. The van der Waals surface area contributed by atoms with Crippen molar-refractivity contribution in [1.82, 2.24) is 10.6 Å². The number of benzene rings is 1. The van der Waals surface area contributed by atoms with Crippen LogP contribution in [0, 0.1) is 0 Å². The average molecular weight is 370 g/mol. The molecule has 0 bridgehead atoms. The van der Waals surface area contributed by atoms with Gasteiger partial charge in [-0.3, -0.25) is 9.59 Å². The predicted molar refractivity (Wildman–Crippen MR) is 101 cm³/mol. The number of anilines is 1. The Bertz CT molecular complexity index is 605. The van der Waals surface area contributed by atoms with Crippen molar-refractivity contribution in [3.63, 3.8) is 0 Å². The van der Waals surface area contributed by atoms with Crippen molar-refractivity contribution in [1.29, 1.82) is 0 Å². The first-order chi connectivity index (χ1) is 11.1. The molecule has 3 N–H and O–H groups in total. The Balaban J connectivity index is 0.00000208. The number of amides is 2. The van der Waals surface area contributed by atoms with Gasteiger partial charge in [-0.05, 0) is 30.5 Å². The lowest BCUT2D eigenvalue weighted by Gasteiger charge is -2.24. The van der Waals surface area contributed by atoms with Gasteiger partial charge in [0, 0.05) is 42.6 Å². The van der Waals surface area contributed by atoms with Crippen LogP contribution in [0.15, 0.2) is 18.2 Å². The highest BCUT2D eigenvalue weighted by Gasteiger charge is 2.20. The minimum absolute atomic E-state index is 0. The van der Waals surface area contributed by atoms with Gasteiger partial charge < -0.3 is 16.0 Å². The van der Waals surface area contributed by atoms with E-state index in [2.05, 4.69) is 22.0 Å². The third-order valence-corrected chi connectivity index (χ3v) is 5.46. The fourth-order valence-electron chi connectivity index (χ4n) is 3.03. The Kier molecular flexibility index (Phi) is 6.95. The number of nitrogens with one attached hydrogen (secondary N) is 3. The van der Waals surface area contributed by atoms with Crippen LogP contribution in [-0.2, 0) is 16.0 Å². The Morgan fingerprint density at radius 2 is 2.25 bits per heavy atom. The van der Waals surface area contributed by atoms with Crippen molar-refractivity contribution in [3.05, 3.63) is 29.3 Å². The van der Waals surface area contributed by atoms with Crippen molar-refractivity contribution in [2.24, 2.45) is 0 Å². The first-order valence-electron chi connectivity index (χ1n) is 8.15. The number of thioether (sulfide) groups is 1. The van der Waals surface area contributed by atoms with Crippen molar-refractivity contribution in [3.8, 4) is 0 Å². The molecule has 7 heteroatoms. The van der Waals surface area contributed by atoms with E-state index in [1.807, 2.05) is 30.8 Å². The maximum atomic E-state index is 12.2. The van der Waals surface area contributed by atoms with Gasteiger partial charge in [-0.1, -0.05) is 12.1 Å². The number of halogens is 1.